The van der Waals surface area contributed by atoms with Crippen molar-refractivity contribution in [3.05, 3.63) is 70.8 Å². The molecule has 18 heteroatoms. The highest BCUT2D eigenvalue weighted by molar-refractivity contribution is 7.90. The van der Waals surface area contributed by atoms with Crippen molar-refractivity contribution in [1.29, 1.82) is 0 Å². The van der Waals surface area contributed by atoms with Gasteiger partial charge in [-0.05, 0) is 20.8 Å². The second-order valence-electron chi connectivity index (χ2n) is 8.82. The van der Waals surface area contributed by atoms with E-state index in [4.69, 9.17) is 4.84 Å². The summed E-state index contributed by atoms with van der Waals surface area (Å²) in [5.74, 6) is 0. The van der Waals surface area contributed by atoms with Crippen LogP contribution in [0.25, 0.3) is 0 Å². The standard InChI is InChI=1S/C13H17F3N2O3S.C12H15F3N2O3S/c1-4-21-17-12(11-7-5-10(2)6-8-11)9-18(3)22(19,20)13(14,15)16;1-9-4-6-10(7-5-9)11(16-20-3)8-17(2)21(18,19)12(13,14)15/h5-8H,4,9H2,1-3H3;4-7H,8H2,1-3H3/b17-12-;16-11-. The molecular formula is C25H32F6N4O6S2. The van der Waals surface area contributed by atoms with Crippen LogP contribution < -0.4 is 0 Å². The minimum atomic E-state index is -5.42. The Kier molecular flexibility index (Phi) is 13.6. The van der Waals surface area contributed by atoms with E-state index in [1.807, 2.05) is 13.8 Å². The van der Waals surface area contributed by atoms with Gasteiger partial charge in [0.1, 0.15) is 25.1 Å². The minimum absolute atomic E-state index is 0.0767. The van der Waals surface area contributed by atoms with Gasteiger partial charge in [-0.1, -0.05) is 70.0 Å². The molecule has 2 aromatic carbocycles. The molecule has 0 amide bonds. The fourth-order valence-corrected chi connectivity index (χ4v) is 4.33. The van der Waals surface area contributed by atoms with Crippen molar-refractivity contribution in [3.8, 4) is 0 Å². The zero-order valence-electron chi connectivity index (χ0n) is 24.1. The van der Waals surface area contributed by atoms with Gasteiger partial charge in [-0.2, -0.15) is 35.0 Å². The smallest absolute Gasteiger partial charge is 0.399 e. The lowest BCUT2D eigenvalue weighted by atomic mass is 10.1. The van der Waals surface area contributed by atoms with Crippen LogP contribution in [-0.4, -0.2) is 88.8 Å². The van der Waals surface area contributed by atoms with Gasteiger partial charge in [0.2, 0.25) is 0 Å². The Hall–Kier alpha value is -3.22. The molecule has 0 radical (unpaired) electrons. The van der Waals surface area contributed by atoms with Crippen LogP contribution in [0, 0.1) is 13.8 Å². The molecule has 0 heterocycles. The molecule has 242 valence electrons. The number of nitrogens with zero attached hydrogens (tertiary/aromatic N) is 4. The van der Waals surface area contributed by atoms with Crippen molar-refractivity contribution in [2.45, 2.75) is 31.8 Å². The summed E-state index contributed by atoms with van der Waals surface area (Å²) in [7, 11) is -7.91. The molecule has 0 aliphatic carbocycles. The first-order chi connectivity index (χ1) is 19.7. The maximum absolute atomic E-state index is 12.5. The Balaban J connectivity index is 0.000000430. The number of sulfonamides is 2. The van der Waals surface area contributed by atoms with Gasteiger partial charge < -0.3 is 9.68 Å². The van der Waals surface area contributed by atoms with E-state index >= 15 is 0 Å². The predicted molar refractivity (Wildman–Crippen MR) is 149 cm³/mol. The van der Waals surface area contributed by atoms with Crippen LogP contribution in [0.15, 0.2) is 58.8 Å². The number of oxime groups is 2. The average molecular weight is 663 g/mol. The van der Waals surface area contributed by atoms with E-state index in [1.54, 1.807) is 55.5 Å². The molecule has 0 saturated carbocycles. The third-order valence-corrected chi connectivity index (χ3v) is 8.49. The summed E-state index contributed by atoms with van der Waals surface area (Å²) in [6.07, 6.45) is 0. The van der Waals surface area contributed by atoms with Crippen molar-refractivity contribution in [2.24, 2.45) is 10.3 Å². The quantitative estimate of drug-likeness (QED) is 0.197. The maximum atomic E-state index is 12.5. The van der Waals surface area contributed by atoms with Crippen LogP contribution in [0.2, 0.25) is 0 Å². The molecule has 0 aliphatic rings. The van der Waals surface area contributed by atoms with Crippen molar-refractivity contribution in [2.75, 3.05) is 40.9 Å². The van der Waals surface area contributed by atoms with Gasteiger partial charge >= 0.3 is 31.1 Å². The SMILES string of the molecule is CCO/N=C(/CN(C)S(=O)(=O)C(F)(F)F)c1ccc(C)cc1.CO/N=C(/CN(C)S(=O)(=O)C(F)(F)F)c1ccc(C)cc1. The average Bonchev–Trinajstić information content (AvgIpc) is 2.90. The maximum Gasteiger partial charge on any atom is 0.511 e. The van der Waals surface area contributed by atoms with Crippen LogP contribution in [-0.2, 0) is 29.7 Å². The number of hydrogen-bond donors (Lipinski definition) is 0. The number of alkyl halides is 6. The van der Waals surface area contributed by atoms with Gasteiger partial charge in [0, 0.05) is 25.2 Å². The molecule has 0 aromatic heterocycles. The van der Waals surface area contributed by atoms with Crippen molar-refractivity contribution < 1.29 is 52.9 Å². The van der Waals surface area contributed by atoms with Crippen molar-refractivity contribution in [1.82, 2.24) is 8.61 Å². The monoisotopic (exact) mass is 662 g/mol. The molecule has 0 aliphatic heterocycles. The summed E-state index contributed by atoms with van der Waals surface area (Å²) in [4.78, 5) is 9.44. The summed E-state index contributed by atoms with van der Waals surface area (Å²) in [6, 6.07) is 13.5. The highest BCUT2D eigenvalue weighted by Crippen LogP contribution is 2.27. The molecule has 0 spiro atoms. The Morgan fingerprint density at radius 2 is 1.02 bits per heavy atom. The van der Waals surface area contributed by atoms with Crippen molar-refractivity contribution in [3.63, 3.8) is 0 Å². The van der Waals surface area contributed by atoms with E-state index in [9.17, 15) is 43.2 Å². The van der Waals surface area contributed by atoms with Gasteiger partial charge in [0.15, 0.2) is 0 Å². The number of rotatable bonds is 11. The Morgan fingerprint density at radius 3 is 1.30 bits per heavy atom. The molecule has 0 atom stereocenters. The summed E-state index contributed by atoms with van der Waals surface area (Å²) >= 11 is 0. The molecule has 0 fully saturated rings. The molecular weight excluding hydrogens is 630 g/mol. The fourth-order valence-electron chi connectivity index (χ4n) is 3.04. The fraction of sp³-hybridized carbons (Fsp3) is 0.440. The lowest BCUT2D eigenvalue weighted by molar-refractivity contribution is -0.0485. The lowest BCUT2D eigenvalue weighted by Gasteiger charge is -2.19. The normalized spacial score (nSPS) is 13.5. The van der Waals surface area contributed by atoms with Gasteiger partial charge in [-0.25, -0.2) is 16.8 Å². The van der Waals surface area contributed by atoms with Gasteiger partial charge in [0.25, 0.3) is 0 Å². The molecule has 2 aromatic rings. The van der Waals surface area contributed by atoms with Gasteiger partial charge in [-0.15, -0.1) is 0 Å². The summed E-state index contributed by atoms with van der Waals surface area (Å²) in [5.41, 5.74) is -7.67. The highest BCUT2D eigenvalue weighted by Gasteiger charge is 2.49. The number of hydrogen-bond acceptors (Lipinski definition) is 8. The van der Waals surface area contributed by atoms with E-state index in [1.165, 1.54) is 7.11 Å². The third kappa shape index (κ3) is 10.8. The second kappa shape index (κ2) is 15.5. The first-order valence-corrected chi connectivity index (χ1v) is 15.0. The first kappa shape index (κ1) is 37.8. The molecule has 2 rings (SSSR count). The number of aryl methyl sites for hydroxylation is 2. The molecule has 0 unspecified atom stereocenters. The zero-order valence-corrected chi connectivity index (χ0v) is 25.7. The van der Waals surface area contributed by atoms with Crippen LogP contribution in [0.1, 0.15) is 29.2 Å². The summed E-state index contributed by atoms with van der Waals surface area (Å²) < 4.78 is 121. The van der Waals surface area contributed by atoms with Crippen LogP contribution in [0.3, 0.4) is 0 Å². The Bertz CT molecular complexity index is 1460. The number of benzene rings is 2. The molecule has 43 heavy (non-hydrogen) atoms. The Labute approximate surface area is 246 Å². The van der Waals surface area contributed by atoms with Crippen LogP contribution >= 0.6 is 0 Å². The summed E-state index contributed by atoms with van der Waals surface area (Å²) in [6.45, 7) is 4.46. The topological polar surface area (TPSA) is 118 Å². The molecule has 0 bridgehead atoms. The van der Waals surface area contributed by atoms with E-state index in [0.717, 1.165) is 25.2 Å². The van der Waals surface area contributed by atoms with Crippen LogP contribution in [0.5, 0.6) is 0 Å². The zero-order chi connectivity index (χ0) is 33.2. The van der Waals surface area contributed by atoms with E-state index < -0.39 is 44.2 Å². The number of halogens is 6. The number of likely N-dealkylation sites (N-methyl/N-ethyl adjacent to an activating group) is 2. The predicted octanol–water partition coefficient (Wildman–Crippen LogP) is 4.64. The molecule has 0 N–H and O–H groups in total. The largest absolute Gasteiger partial charge is 0.511 e. The van der Waals surface area contributed by atoms with Crippen molar-refractivity contribution >= 4 is 31.5 Å². The van der Waals surface area contributed by atoms with E-state index in [-0.39, 0.29) is 26.6 Å². The summed E-state index contributed by atoms with van der Waals surface area (Å²) in [5, 5.41) is 7.32. The lowest BCUT2D eigenvalue weighted by Crippen LogP contribution is -2.41. The third-order valence-electron chi connectivity index (χ3n) is 5.43. The highest BCUT2D eigenvalue weighted by atomic mass is 32.2. The van der Waals surface area contributed by atoms with Crippen LogP contribution in [0.4, 0.5) is 26.3 Å². The van der Waals surface area contributed by atoms with Gasteiger partial charge in [-0.3, -0.25) is 0 Å². The molecule has 10 nitrogen and oxygen atoms in total. The first-order valence-electron chi connectivity index (χ1n) is 12.2. The van der Waals surface area contributed by atoms with E-state index in [0.29, 0.717) is 11.1 Å². The van der Waals surface area contributed by atoms with E-state index in [2.05, 4.69) is 15.1 Å². The van der Waals surface area contributed by atoms with Gasteiger partial charge in [0.05, 0.1) is 13.1 Å². The molecule has 0 saturated heterocycles. The second-order valence-corrected chi connectivity index (χ2v) is 12.9. The minimum Gasteiger partial charge on any atom is -0.399 e. The Morgan fingerprint density at radius 1 is 0.698 bits per heavy atom.